The minimum atomic E-state index is -0.0843. The highest BCUT2D eigenvalue weighted by Crippen LogP contribution is 2.27. The van der Waals surface area contributed by atoms with Crippen molar-refractivity contribution in [3.63, 3.8) is 0 Å². The van der Waals surface area contributed by atoms with Gasteiger partial charge in [-0.15, -0.1) is 0 Å². The number of hydrogen-bond donors (Lipinski definition) is 2. The van der Waals surface area contributed by atoms with Crippen molar-refractivity contribution >= 4 is 33.4 Å². The molecule has 4 aromatic rings. The maximum Gasteiger partial charge on any atom is 0.253 e. The molecule has 0 radical (unpaired) electrons. The van der Waals surface area contributed by atoms with Crippen molar-refractivity contribution < 1.29 is 0 Å². The number of aromatic amines is 2. The molecular formula is C18H13ClN2O. The van der Waals surface area contributed by atoms with E-state index < -0.39 is 0 Å². The summed E-state index contributed by atoms with van der Waals surface area (Å²) in [5, 5.41) is 2.81. The summed E-state index contributed by atoms with van der Waals surface area (Å²) >= 11 is 6.23. The van der Waals surface area contributed by atoms with Gasteiger partial charge in [0.15, 0.2) is 0 Å². The molecule has 0 unspecified atom stereocenters. The number of H-pyrrole nitrogens is 2. The first-order valence-electron chi connectivity index (χ1n) is 7.08. The molecule has 0 saturated heterocycles. The van der Waals surface area contributed by atoms with Crippen LogP contribution >= 0.6 is 11.6 Å². The van der Waals surface area contributed by atoms with Gasteiger partial charge in [-0.25, -0.2) is 0 Å². The molecule has 0 aliphatic heterocycles. The first kappa shape index (κ1) is 13.2. The van der Waals surface area contributed by atoms with Crippen molar-refractivity contribution in [2.75, 3.05) is 0 Å². The average Bonchev–Trinajstić information content (AvgIpc) is 2.91. The Morgan fingerprint density at radius 1 is 0.955 bits per heavy atom. The van der Waals surface area contributed by atoms with Crippen LogP contribution in [0.3, 0.4) is 0 Å². The van der Waals surface area contributed by atoms with Gasteiger partial charge in [0.1, 0.15) is 0 Å². The molecule has 4 heteroatoms. The summed E-state index contributed by atoms with van der Waals surface area (Å²) in [5.74, 6) is 0. The van der Waals surface area contributed by atoms with Gasteiger partial charge in [0.25, 0.3) is 5.56 Å². The molecule has 2 aromatic heterocycles. The predicted molar refractivity (Wildman–Crippen MR) is 90.7 cm³/mol. The molecular weight excluding hydrogens is 296 g/mol. The van der Waals surface area contributed by atoms with E-state index in [0.717, 1.165) is 27.4 Å². The maximum absolute atomic E-state index is 12.3. The van der Waals surface area contributed by atoms with Crippen LogP contribution < -0.4 is 5.56 Å². The van der Waals surface area contributed by atoms with Crippen LogP contribution in [-0.2, 0) is 6.42 Å². The highest BCUT2D eigenvalue weighted by molar-refractivity contribution is 6.31. The highest BCUT2D eigenvalue weighted by Gasteiger charge is 2.13. The van der Waals surface area contributed by atoms with E-state index in [1.54, 1.807) is 6.20 Å². The molecule has 0 aliphatic carbocycles. The summed E-state index contributed by atoms with van der Waals surface area (Å²) in [7, 11) is 0. The molecule has 3 nitrogen and oxygen atoms in total. The first-order chi connectivity index (χ1) is 10.7. The smallest absolute Gasteiger partial charge is 0.253 e. The van der Waals surface area contributed by atoms with Crippen molar-refractivity contribution in [1.82, 2.24) is 9.97 Å². The zero-order valence-electron chi connectivity index (χ0n) is 11.7. The second-order valence-corrected chi connectivity index (χ2v) is 5.73. The number of hydrogen-bond acceptors (Lipinski definition) is 1. The molecule has 0 atom stereocenters. The summed E-state index contributed by atoms with van der Waals surface area (Å²) in [6, 6.07) is 15.6. The van der Waals surface area contributed by atoms with E-state index in [1.807, 2.05) is 48.5 Å². The molecule has 22 heavy (non-hydrogen) atoms. The number of halogens is 1. The van der Waals surface area contributed by atoms with Crippen molar-refractivity contribution in [1.29, 1.82) is 0 Å². The van der Waals surface area contributed by atoms with E-state index in [2.05, 4.69) is 9.97 Å². The van der Waals surface area contributed by atoms with Gasteiger partial charge >= 0.3 is 0 Å². The Labute approximate surface area is 131 Å². The second kappa shape index (κ2) is 5.04. The van der Waals surface area contributed by atoms with Gasteiger partial charge in [-0.05, 0) is 17.7 Å². The van der Waals surface area contributed by atoms with Crippen molar-refractivity contribution in [2.24, 2.45) is 0 Å². The Balaban J connectivity index is 1.98. The van der Waals surface area contributed by atoms with Gasteiger partial charge in [-0.3, -0.25) is 4.79 Å². The third kappa shape index (κ3) is 2.02. The molecule has 0 saturated carbocycles. The summed E-state index contributed by atoms with van der Waals surface area (Å²) in [5.41, 5.74) is 3.48. The lowest BCUT2D eigenvalue weighted by atomic mass is 10.0. The Bertz CT molecular complexity index is 1050. The zero-order chi connectivity index (χ0) is 15.1. The van der Waals surface area contributed by atoms with Gasteiger partial charge in [-0.1, -0.05) is 48.0 Å². The third-order valence-corrected chi connectivity index (χ3v) is 4.36. The van der Waals surface area contributed by atoms with E-state index in [4.69, 9.17) is 11.6 Å². The summed E-state index contributed by atoms with van der Waals surface area (Å²) in [6.07, 6.45) is 2.27. The molecule has 0 bridgehead atoms. The molecule has 2 N–H and O–H groups in total. The van der Waals surface area contributed by atoms with Crippen LogP contribution in [0.15, 0.2) is 59.5 Å². The van der Waals surface area contributed by atoms with E-state index in [9.17, 15) is 4.79 Å². The number of nitrogens with one attached hydrogen (secondary N) is 2. The Morgan fingerprint density at radius 3 is 2.59 bits per heavy atom. The topological polar surface area (TPSA) is 48.6 Å². The lowest BCUT2D eigenvalue weighted by molar-refractivity contribution is 1.11. The van der Waals surface area contributed by atoms with Gasteiger partial charge in [-0.2, -0.15) is 0 Å². The monoisotopic (exact) mass is 308 g/mol. The number of aromatic nitrogens is 2. The lowest BCUT2D eigenvalue weighted by Gasteiger charge is -2.05. The second-order valence-electron chi connectivity index (χ2n) is 5.32. The zero-order valence-corrected chi connectivity index (χ0v) is 12.4. The van der Waals surface area contributed by atoms with Crippen LogP contribution in [0.5, 0.6) is 0 Å². The fraction of sp³-hybridized carbons (Fsp3) is 0.0556. The van der Waals surface area contributed by atoms with Crippen LogP contribution in [0.2, 0.25) is 5.02 Å². The molecule has 0 aliphatic rings. The number of rotatable bonds is 2. The van der Waals surface area contributed by atoms with Crippen LogP contribution in [0, 0.1) is 0 Å². The van der Waals surface area contributed by atoms with E-state index in [-0.39, 0.29) is 5.56 Å². The van der Waals surface area contributed by atoms with E-state index in [1.165, 1.54) is 0 Å². The highest BCUT2D eigenvalue weighted by atomic mass is 35.5. The number of benzene rings is 2. The number of para-hydroxylation sites is 1. The fourth-order valence-electron chi connectivity index (χ4n) is 2.89. The van der Waals surface area contributed by atoms with Gasteiger partial charge < -0.3 is 9.97 Å². The van der Waals surface area contributed by atoms with Crippen LogP contribution in [0.25, 0.3) is 21.8 Å². The Hall–Kier alpha value is -2.52. The quantitative estimate of drug-likeness (QED) is 0.571. The molecule has 0 spiro atoms. The normalized spacial score (nSPS) is 11.3. The van der Waals surface area contributed by atoms with Crippen LogP contribution in [-0.4, -0.2) is 9.97 Å². The Morgan fingerprint density at radius 2 is 1.73 bits per heavy atom. The predicted octanol–water partition coefficient (Wildman–Crippen LogP) is 4.25. The van der Waals surface area contributed by atoms with Crippen LogP contribution in [0.1, 0.15) is 11.1 Å². The minimum Gasteiger partial charge on any atom is -0.354 e. The van der Waals surface area contributed by atoms with Crippen molar-refractivity contribution in [3.8, 4) is 0 Å². The average molecular weight is 309 g/mol. The summed E-state index contributed by atoms with van der Waals surface area (Å²) in [6.45, 7) is 0. The van der Waals surface area contributed by atoms with Crippen molar-refractivity contribution in [2.45, 2.75) is 6.42 Å². The summed E-state index contributed by atoms with van der Waals surface area (Å²) < 4.78 is 0. The third-order valence-electron chi connectivity index (χ3n) is 3.99. The Kier molecular flexibility index (Phi) is 3.01. The lowest BCUT2D eigenvalue weighted by Crippen LogP contribution is -2.13. The van der Waals surface area contributed by atoms with E-state index >= 15 is 0 Å². The van der Waals surface area contributed by atoms with Crippen molar-refractivity contribution in [3.05, 3.63) is 81.2 Å². The SMILES string of the molecule is O=c1[nH]cc2c([nH]c3ccccc32)c1Cc1ccccc1Cl. The molecule has 4 rings (SSSR count). The van der Waals surface area contributed by atoms with Crippen LogP contribution in [0.4, 0.5) is 0 Å². The maximum atomic E-state index is 12.3. The largest absolute Gasteiger partial charge is 0.354 e. The van der Waals surface area contributed by atoms with Gasteiger partial charge in [0.2, 0.25) is 0 Å². The van der Waals surface area contributed by atoms with Gasteiger partial charge in [0.05, 0.1) is 5.52 Å². The molecule has 2 heterocycles. The van der Waals surface area contributed by atoms with E-state index in [0.29, 0.717) is 17.0 Å². The number of pyridine rings is 1. The van der Waals surface area contributed by atoms with Gasteiger partial charge in [0, 0.05) is 39.5 Å². The first-order valence-corrected chi connectivity index (χ1v) is 7.46. The molecule has 0 fully saturated rings. The number of fused-ring (bicyclic) bond motifs is 3. The standard InChI is InChI=1S/C18H13ClN2O/c19-15-7-3-1-5-11(15)9-13-17-14(10-20-18(13)22)12-6-2-4-8-16(12)21-17/h1-8,10,21H,9H2,(H,20,22). The molecule has 0 amide bonds. The molecule has 2 aromatic carbocycles. The summed E-state index contributed by atoms with van der Waals surface area (Å²) in [4.78, 5) is 18.5. The minimum absolute atomic E-state index is 0.0843. The fourth-order valence-corrected chi connectivity index (χ4v) is 3.09. The molecule has 108 valence electrons.